The van der Waals surface area contributed by atoms with Crippen molar-refractivity contribution in [2.45, 2.75) is 29.9 Å². The summed E-state index contributed by atoms with van der Waals surface area (Å²) in [6, 6.07) is 0. The Morgan fingerprint density at radius 3 is 1.29 bits per heavy atom. The molecule has 17 heavy (non-hydrogen) atoms. The molecule has 0 heterocycles. The Morgan fingerprint density at radius 1 is 0.824 bits per heavy atom. The van der Waals surface area contributed by atoms with Gasteiger partial charge in [-0.1, -0.05) is 0 Å². The van der Waals surface area contributed by atoms with Crippen LogP contribution in [-0.4, -0.2) is 36.0 Å². The Balaban J connectivity index is 5.91. The molecule has 0 spiro atoms. The van der Waals surface area contributed by atoms with Gasteiger partial charge in [0.25, 0.3) is 0 Å². The highest BCUT2D eigenvalue weighted by molar-refractivity contribution is 7.87. The van der Waals surface area contributed by atoms with Crippen LogP contribution in [-0.2, 0) is 10.1 Å². The maximum atomic E-state index is 12.8. The topological polar surface area (TPSA) is 54.4 Å². The second-order valence-electron chi connectivity index (χ2n) is 3.04. The van der Waals surface area contributed by atoms with Crippen LogP contribution in [0, 0.1) is 0 Å². The fourth-order valence-electron chi connectivity index (χ4n) is 0.620. The minimum absolute atomic E-state index is 0.804. The third-order valence-corrected chi connectivity index (χ3v) is 3.02. The van der Waals surface area contributed by atoms with E-state index in [0.717, 1.165) is 0 Å². The zero-order chi connectivity index (χ0) is 14.5. The van der Waals surface area contributed by atoms with E-state index in [9.17, 15) is 43.5 Å². The molecule has 1 unspecified atom stereocenters. The van der Waals surface area contributed by atoms with Gasteiger partial charge in [-0.2, -0.15) is 39.2 Å². The first-order valence-corrected chi connectivity index (χ1v) is 4.92. The van der Waals surface area contributed by atoms with E-state index in [1.807, 2.05) is 0 Å². The van der Waals surface area contributed by atoms with Gasteiger partial charge in [-0.25, -0.2) is 4.39 Å². The molecule has 0 aliphatic heterocycles. The third kappa shape index (κ3) is 2.19. The van der Waals surface area contributed by atoms with Crippen LogP contribution in [0.5, 0.6) is 0 Å². The molecule has 0 fully saturated rings. The number of hydrogen-bond acceptors (Lipinski definition) is 2. The van der Waals surface area contributed by atoms with E-state index in [0.29, 0.717) is 0 Å². The van der Waals surface area contributed by atoms with Gasteiger partial charge >= 0.3 is 33.1 Å². The van der Waals surface area contributed by atoms with Crippen LogP contribution in [0.25, 0.3) is 0 Å². The average molecular weight is 296 g/mol. The average Bonchev–Trinajstić information content (AvgIpc) is 1.98. The van der Waals surface area contributed by atoms with Crippen molar-refractivity contribution in [1.82, 2.24) is 0 Å². The van der Waals surface area contributed by atoms with Crippen LogP contribution in [0.15, 0.2) is 0 Å². The molecule has 0 aliphatic rings. The summed E-state index contributed by atoms with van der Waals surface area (Å²) in [6.07, 6.45) is -6.89. The molecule has 0 aromatic heterocycles. The maximum absolute atomic E-state index is 12.8. The Labute approximate surface area is 89.2 Å². The smallest absolute Gasteiger partial charge is 0.283 e. The number of hydrogen-bond donors (Lipinski definition) is 1. The summed E-state index contributed by atoms with van der Waals surface area (Å²) in [4.78, 5) is 0. The van der Waals surface area contributed by atoms with E-state index in [1.165, 1.54) is 0 Å². The molecule has 0 radical (unpaired) electrons. The summed E-state index contributed by atoms with van der Waals surface area (Å²) < 4.78 is 125. The van der Waals surface area contributed by atoms with Crippen LogP contribution in [0.2, 0.25) is 0 Å². The zero-order valence-electron chi connectivity index (χ0n) is 7.70. The molecule has 0 rings (SSSR count). The van der Waals surface area contributed by atoms with E-state index in [1.54, 1.807) is 0 Å². The minimum Gasteiger partial charge on any atom is -0.283 e. The van der Waals surface area contributed by atoms with Crippen molar-refractivity contribution < 1.29 is 48.1 Å². The maximum Gasteiger partial charge on any atom is 0.460 e. The highest BCUT2D eigenvalue weighted by Crippen LogP contribution is 2.53. The van der Waals surface area contributed by atoms with Gasteiger partial charge < -0.3 is 0 Å². The molecule has 0 aliphatic carbocycles. The Morgan fingerprint density at radius 2 is 1.12 bits per heavy atom. The van der Waals surface area contributed by atoms with Crippen molar-refractivity contribution in [2.24, 2.45) is 0 Å². The summed E-state index contributed by atoms with van der Waals surface area (Å²) in [6.45, 7) is -0.804. The first kappa shape index (κ1) is 16.4. The second-order valence-corrected chi connectivity index (χ2v) is 4.76. The van der Waals surface area contributed by atoms with E-state index < -0.39 is 40.1 Å². The summed E-state index contributed by atoms with van der Waals surface area (Å²) in [5, 5.41) is -5.50. The second kappa shape index (κ2) is 3.67. The quantitative estimate of drug-likeness (QED) is 0.642. The van der Waals surface area contributed by atoms with Gasteiger partial charge in [-0.15, -0.1) is 0 Å². The molecule has 0 saturated heterocycles. The van der Waals surface area contributed by atoms with E-state index in [4.69, 9.17) is 4.55 Å². The van der Waals surface area contributed by atoms with Crippen LogP contribution < -0.4 is 0 Å². The fraction of sp³-hybridized carbons (Fsp3) is 1.00. The molecule has 0 bridgehead atoms. The van der Waals surface area contributed by atoms with Gasteiger partial charge in [-0.05, 0) is 6.92 Å². The molecule has 0 saturated carbocycles. The Bertz CT molecular complexity index is 394. The van der Waals surface area contributed by atoms with Crippen molar-refractivity contribution in [2.75, 3.05) is 0 Å². The standard InChI is InChI=1S/C5H4F8O3S/c1-2(6,17(14,15)16)3(7,8)4(9,10)5(11,12)13/h1H3,(H,14,15,16). The van der Waals surface area contributed by atoms with E-state index in [-0.39, 0.29) is 0 Å². The minimum atomic E-state index is -6.97. The molecule has 104 valence electrons. The van der Waals surface area contributed by atoms with Gasteiger partial charge in [0.05, 0.1) is 0 Å². The number of halogens is 8. The molecule has 3 nitrogen and oxygen atoms in total. The Kier molecular flexibility index (Phi) is 3.53. The van der Waals surface area contributed by atoms with Crippen LogP contribution in [0.4, 0.5) is 35.1 Å². The molecule has 0 amide bonds. The monoisotopic (exact) mass is 296 g/mol. The lowest BCUT2D eigenvalue weighted by molar-refractivity contribution is -0.369. The van der Waals surface area contributed by atoms with Gasteiger partial charge in [0.15, 0.2) is 0 Å². The van der Waals surface area contributed by atoms with Crippen LogP contribution in [0.1, 0.15) is 6.92 Å². The summed E-state index contributed by atoms with van der Waals surface area (Å²) in [5.41, 5.74) is 0. The summed E-state index contributed by atoms with van der Waals surface area (Å²) in [7, 11) is -6.50. The van der Waals surface area contributed by atoms with Gasteiger partial charge in [0.1, 0.15) is 0 Å². The lowest BCUT2D eigenvalue weighted by atomic mass is 10.1. The van der Waals surface area contributed by atoms with Crippen LogP contribution >= 0.6 is 0 Å². The molecule has 12 heteroatoms. The third-order valence-electron chi connectivity index (χ3n) is 1.80. The van der Waals surface area contributed by atoms with Crippen molar-refractivity contribution in [3.63, 3.8) is 0 Å². The largest absolute Gasteiger partial charge is 0.460 e. The number of rotatable bonds is 3. The molecule has 0 aromatic carbocycles. The van der Waals surface area contributed by atoms with Crippen LogP contribution in [0.3, 0.4) is 0 Å². The lowest BCUT2D eigenvalue weighted by Gasteiger charge is -2.34. The number of alkyl halides is 8. The predicted molar refractivity (Wildman–Crippen MR) is 37.0 cm³/mol. The van der Waals surface area contributed by atoms with E-state index in [2.05, 4.69) is 0 Å². The zero-order valence-corrected chi connectivity index (χ0v) is 8.51. The van der Waals surface area contributed by atoms with Crippen molar-refractivity contribution in [1.29, 1.82) is 0 Å². The lowest BCUT2D eigenvalue weighted by Crippen LogP contribution is -2.63. The predicted octanol–water partition coefficient (Wildman–Crippen LogP) is 2.39. The fourth-order valence-corrected chi connectivity index (χ4v) is 1.07. The van der Waals surface area contributed by atoms with Crippen molar-refractivity contribution in [3.05, 3.63) is 0 Å². The Hall–Kier alpha value is -0.650. The highest BCUT2D eigenvalue weighted by Gasteiger charge is 2.82. The summed E-state index contributed by atoms with van der Waals surface area (Å²) >= 11 is 0. The molecule has 0 aromatic rings. The van der Waals surface area contributed by atoms with Gasteiger partial charge in [0, 0.05) is 0 Å². The summed E-state index contributed by atoms with van der Waals surface area (Å²) in [5.74, 6) is -13.7. The first-order valence-electron chi connectivity index (χ1n) is 3.48. The van der Waals surface area contributed by atoms with Crippen molar-refractivity contribution in [3.8, 4) is 0 Å². The van der Waals surface area contributed by atoms with Gasteiger partial charge in [0.2, 0.25) is 0 Å². The SMILES string of the molecule is CC(F)(C(F)(F)C(F)(F)C(F)(F)F)S(=O)(=O)O. The van der Waals surface area contributed by atoms with E-state index >= 15 is 0 Å². The first-order chi connectivity index (χ1) is 7.00. The molecule has 1 atom stereocenters. The normalized spacial score (nSPS) is 18.9. The highest BCUT2D eigenvalue weighted by atomic mass is 32.2. The molecular weight excluding hydrogens is 292 g/mol. The van der Waals surface area contributed by atoms with Gasteiger partial charge in [-0.3, -0.25) is 4.55 Å². The van der Waals surface area contributed by atoms with Crippen molar-refractivity contribution >= 4 is 10.1 Å². The molecular formula is C5H4F8O3S. The molecule has 1 N–H and O–H groups in total.